The zero-order chi connectivity index (χ0) is 17.5. The van der Waals surface area contributed by atoms with Gasteiger partial charge in [0, 0.05) is 6.92 Å². The molecular weight excluding hydrogens is 345 g/mol. The van der Waals surface area contributed by atoms with Gasteiger partial charge in [-0.15, -0.1) is 0 Å². The highest BCUT2D eigenvalue weighted by Gasteiger charge is 2.30. The maximum absolute atomic E-state index is 12.5. The highest BCUT2D eigenvalue weighted by Crippen LogP contribution is 2.30. The van der Waals surface area contributed by atoms with E-state index in [1.165, 1.54) is 12.1 Å². The lowest BCUT2D eigenvalue weighted by atomic mass is 10.2. The third kappa shape index (κ3) is 3.21. The first-order valence-corrected chi connectivity index (χ1v) is 8.21. The molecule has 0 saturated heterocycles. The summed E-state index contributed by atoms with van der Waals surface area (Å²) in [6.45, 7) is 1.66. The van der Waals surface area contributed by atoms with Crippen LogP contribution in [0.25, 0.3) is 11.1 Å². The largest absolute Gasteiger partial charge is 0.441 e. The number of nitrogens with zero attached hydrogens (tertiary/aromatic N) is 1. The van der Waals surface area contributed by atoms with Crippen LogP contribution in [0.2, 0.25) is 0 Å². The number of hydrogen-bond acceptors (Lipinski definition) is 4. The number of hydrogen-bond donors (Lipinski definition) is 1. The Balaban J connectivity index is 1.89. The van der Waals surface area contributed by atoms with Gasteiger partial charge in [0.25, 0.3) is 10.0 Å². The lowest BCUT2D eigenvalue weighted by Crippen LogP contribution is -2.13. The van der Waals surface area contributed by atoms with Crippen molar-refractivity contribution in [3.8, 4) is 0 Å². The van der Waals surface area contributed by atoms with E-state index in [1.54, 1.807) is 13.0 Å². The Hall–Kier alpha value is -2.55. The van der Waals surface area contributed by atoms with Crippen LogP contribution in [0.1, 0.15) is 11.5 Å². The van der Waals surface area contributed by atoms with Crippen LogP contribution in [-0.2, 0) is 16.2 Å². The van der Waals surface area contributed by atoms with Gasteiger partial charge in [-0.2, -0.15) is 13.2 Å². The SMILES string of the molecule is Cc1nc2cc(NS(=O)(=O)c3ccc(C(F)(F)F)cc3)ccc2o1. The molecule has 3 aromatic rings. The summed E-state index contributed by atoms with van der Waals surface area (Å²) in [4.78, 5) is 3.82. The van der Waals surface area contributed by atoms with Gasteiger partial charge in [0.2, 0.25) is 0 Å². The van der Waals surface area contributed by atoms with Crippen LogP contribution in [0.5, 0.6) is 0 Å². The summed E-state index contributed by atoms with van der Waals surface area (Å²) in [6.07, 6.45) is -4.52. The molecule has 1 aromatic heterocycles. The van der Waals surface area contributed by atoms with Gasteiger partial charge in [0.05, 0.1) is 16.1 Å². The van der Waals surface area contributed by atoms with Crippen LogP contribution in [0.3, 0.4) is 0 Å². The maximum Gasteiger partial charge on any atom is 0.416 e. The van der Waals surface area contributed by atoms with Gasteiger partial charge in [0.15, 0.2) is 11.5 Å². The smallest absolute Gasteiger partial charge is 0.416 e. The van der Waals surface area contributed by atoms with Gasteiger partial charge >= 0.3 is 6.18 Å². The van der Waals surface area contributed by atoms with Gasteiger partial charge in [-0.05, 0) is 42.5 Å². The minimum absolute atomic E-state index is 0.232. The van der Waals surface area contributed by atoms with Gasteiger partial charge in [-0.1, -0.05) is 0 Å². The van der Waals surface area contributed by atoms with E-state index in [0.29, 0.717) is 17.0 Å². The first-order chi connectivity index (χ1) is 11.1. The second-order valence-corrected chi connectivity index (χ2v) is 6.73. The van der Waals surface area contributed by atoms with Crippen LogP contribution in [-0.4, -0.2) is 13.4 Å². The van der Waals surface area contributed by atoms with E-state index in [2.05, 4.69) is 9.71 Å². The Morgan fingerprint density at radius 1 is 1.08 bits per heavy atom. The number of benzene rings is 2. The molecule has 0 saturated carbocycles. The van der Waals surface area contributed by atoms with Gasteiger partial charge in [0.1, 0.15) is 5.52 Å². The number of alkyl halides is 3. The number of anilines is 1. The molecule has 0 aliphatic carbocycles. The Bertz CT molecular complexity index is 993. The molecule has 2 aromatic carbocycles. The minimum Gasteiger partial charge on any atom is -0.441 e. The van der Waals surface area contributed by atoms with E-state index in [-0.39, 0.29) is 10.6 Å². The molecule has 1 heterocycles. The first kappa shape index (κ1) is 16.3. The van der Waals surface area contributed by atoms with Crippen molar-refractivity contribution in [2.45, 2.75) is 18.0 Å². The topological polar surface area (TPSA) is 72.2 Å². The zero-order valence-electron chi connectivity index (χ0n) is 12.3. The number of aryl methyl sites for hydroxylation is 1. The molecular formula is C15H11F3N2O3S. The maximum atomic E-state index is 12.5. The van der Waals surface area contributed by atoms with Crippen molar-refractivity contribution >= 4 is 26.8 Å². The molecule has 0 aliphatic rings. The number of nitrogens with one attached hydrogen (secondary N) is 1. The van der Waals surface area contributed by atoms with Crippen molar-refractivity contribution in [1.82, 2.24) is 4.98 Å². The predicted molar refractivity (Wildman–Crippen MR) is 81.0 cm³/mol. The summed E-state index contributed by atoms with van der Waals surface area (Å²) in [7, 11) is -4.01. The fourth-order valence-corrected chi connectivity index (χ4v) is 3.19. The van der Waals surface area contributed by atoms with Crippen molar-refractivity contribution in [3.05, 3.63) is 53.9 Å². The number of sulfonamides is 1. The molecule has 5 nitrogen and oxygen atoms in total. The molecule has 0 aliphatic heterocycles. The average molecular weight is 356 g/mol. The summed E-state index contributed by atoms with van der Waals surface area (Å²) < 4.78 is 69.7. The van der Waals surface area contributed by atoms with E-state index in [9.17, 15) is 21.6 Å². The van der Waals surface area contributed by atoms with Crippen LogP contribution in [0.15, 0.2) is 51.8 Å². The molecule has 0 radical (unpaired) electrons. The van der Waals surface area contributed by atoms with Crippen molar-refractivity contribution in [2.75, 3.05) is 4.72 Å². The summed E-state index contributed by atoms with van der Waals surface area (Å²) in [5.41, 5.74) is 0.293. The molecule has 24 heavy (non-hydrogen) atoms. The highest BCUT2D eigenvalue weighted by atomic mass is 32.2. The molecule has 0 spiro atoms. The lowest BCUT2D eigenvalue weighted by Gasteiger charge is -2.10. The zero-order valence-corrected chi connectivity index (χ0v) is 13.1. The Kier molecular flexibility index (Phi) is 3.75. The van der Waals surface area contributed by atoms with E-state index in [0.717, 1.165) is 24.3 Å². The molecule has 0 bridgehead atoms. The monoisotopic (exact) mass is 356 g/mol. The average Bonchev–Trinajstić information content (AvgIpc) is 2.85. The van der Waals surface area contributed by atoms with Gasteiger partial charge in [-0.3, -0.25) is 4.72 Å². The van der Waals surface area contributed by atoms with Gasteiger partial charge in [-0.25, -0.2) is 13.4 Å². The van der Waals surface area contributed by atoms with Crippen molar-refractivity contribution in [1.29, 1.82) is 0 Å². The predicted octanol–water partition coefficient (Wildman–Crippen LogP) is 3.96. The molecule has 0 fully saturated rings. The quantitative estimate of drug-likeness (QED) is 0.771. The van der Waals surface area contributed by atoms with E-state index in [4.69, 9.17) is 4.42 Å². The fourth-order valence-electron chi connectivity index (χ4n) is 2.14. The summed E-state index contributed by atoms with van der Waals surface area (Å²) in [5, 5.41) is 0. The number of fused-ring (bicyclic) bond motifs is 1. The van der Waals surface area contributed by atoms with Crippen molar-refractivity contribution in [2.24, 2.45) is 0 Å². The minimum atomic E-state index is -4.52. The first-order valence-electron chi connectivity index (χ1n) is 6.72. The number of rotatable bonds is 3. The highest BCUT2D eigenvalue weighted by molar-refractivity contribution is 7.92. The molecule has 9 heteroatoms. The van der Waals surface area contributed by atoms with Crippen LogP contribution < -0.4 is 4.72 Å². The molecule has 126 valence electrons. The Labute approximate surface area is 135 Å². The molecule has 0 amide bonds. The van der Waals surface area contributed by atoms with Crippen molar-refractivity contribution < 1.29 is 26.0 Å². The summed E-state index contributed by atoms with van der Waals surface area (Å²) >= 11 is 0. The van der Waals surface area contributed by atoms with Crippen molar-refractivity contribution in [3.63, 3.8) is 0 Å². The van der Waals surface area contributed by atoms with Crippen LogP contribution in [0, 0.1) is 6.92 Å². The van der Waals surface area contributed by atoms with E-state index in [1.807, 2.05) is 0 Å². The standard InChI is InChI=1S/C15H11F3N2O3S/c1-9-19-13-8-11(4-7-14(13)23-9)20-24(21,22)12-5-2-10(3-6-12)15(16,17)18/h2-8,20H,1H3. The fraction of sp³-hybridized carbons (Fsp3) is 0.133. The lowest BCUT2D eigenvalue weighted by molar-refractivity contribution is -0.137. The Morgan fingerprint density at radius 3 is 2.38 bits per heavy atom. The number of oxazole rings is 1. The van der Waals surface area contributed by atoms with Crippen LogP contribution >= 0.6 is 0 Å². The third-order valence-corrected chi connectivity index (χ3v) is 4.64. The molecule has 0 unspecified atom stereocenters. The number of aromatic nitrogens is 1. The molecule has 3 rings (SSSR count). The third-order valence-electron chi connectivity index (χ3n) is 3.24. The van der Waals surface area contributed by atoms with E-state index < -0.39 is 21.8 Å². The second-order valence-electron chi connectivity index (χ2n) is 5.04. The summed E-state index contributed by atoms with van der Waals surface area (Å²) in [5.74, 6) is 0.438. The molecule has 1 N–H and O–H groups in total. The van der Waals surface area contributed by atoms with E-state index >= 15 is 0 Å². The molecule has 0 atom stereocenters. The Morgan fingerprint density at radius 2 is 1.75 bits per heavy atom. The summed E-state index contributed by atoms with van der Waals surface area (Å²) in [6, 6.07) is 7.77. The normalized spacial score (nSPS) is 12.5. The van der Waals surface area contributed by atoms with Gasteiger partial charge < -0.3 is 4.42 Å². The van der Waals surface area contributed by atoms with Crippen LogP contribution in [0.4, 0.5) is 18.9 Å². The second kappa shape index (κ2) is 5.52. The number of halogens is 3.